The molecule has 5 heteroatoms. The van der Waals surface area contributed by atoms with Gasteiger partial charge in [-0.25, -0.2) is 4.98 Å². The first-order chi connectivity index (χ1) is 27.6. The Bertz CT molecular complexity index is 2670. The molecule has 2 aliphatic heterocycles. The van der Waals surface area contributed by atoms with Crippen LogP contribution in [0.3, 0.4) is 0 Å². The highest BCUT2D eigenvalue weighted by Crippen LogP contribution is 2.41. The highest BCUT2D eigenvalue weighted by atomic mass is 16.1. The average Bonchev–Trinajstić information content (AvgIpc) is 3.93. The minimum absolute atomic E-state index is 0.0794. The fraction of sp³-hybridized carbons (Fsp3) is 0.302. The number of nitrogens with zero attached hydrogens (tertiary/aromatic N) is 2. The van der Waals surface area contributed by atoms with Crippen molar-refractivity contribution in [3.8, 4) is 11.1 Å². The van der Waals surface area contributed by atoms with E-state index >= 15 is 0 Å². The number of carbonyl (C=O) groups excluding carboxylic acids is 1. The molecule has 3 aliphatic rings. The number of fused-ring (bicyclic) bond motifs is 8. The lowest BCUT2D eigenvalue weighted by atomic mass is 9.72. The Morgan fingerprint density at radius 1 is 0.724 bits per heavy atom. The predicted octanol–water partition coefficient (Wildman–Crippen LogP) is 13.9. The van der Waals surface area contributed by atoms with Crippen molar-refractivity contribution in [1.29, 1.82) is 0 Å². The SMILES string of the molecule is CC1=C(/C=C/C(C)=C/C=C/C(C)=C/C=C/C(=O)c2cc3[nH]c2cc2nc(cc4ccc(cc5nc(c3-c3c(C)cc(C)cc3C)C=C5)[nH]4)C(C)(C)C2)C(C)(C)CCC1. The molecule has 0 saturated carbocycles. The Kier molecular flexibility index (Phi) is 11.3. The average molecular weight is 767 g/mol. The van der Waals surface area contributed by atoms with E-state index in [-0.39, 0.29) is 16.6 Å². The predicted molar refractivity (Wildman–Crippen MR) is 246 cm³/mol. The molecule has 5 heterocycles. The quantitative estimate of drug-likeness (QED) is 0.0938. The third-order valence-electron chi connectivity index (χ3n) is 11.8. The van der Waals surface area contributed by atoms with Gasteiger partial charge in [-0.2, -0.15) is 0 Å². The van der Waals surface area contributed by atoms with Gasteiger partial charge in [-0.1, -0.05) is 105 Å². The maximum atomic E-state index is 14.2. The molecule has 5 nitrogen and oxygen atoms in total. The molecule has 4 aromatic rings. The van der Waals surface area contributed by atoms with Gasteiger partial charge in [0.05, 0.1) is 16.9 Å². The molecule has 0 saturated heterocycles. The second-order valence-electron chi connectivity index (χ2n) is 17.9. The van der Waals surface area contributed by atoms with E-state index in [0.29, 0.717) is 5.56 Å². The minimum atomic E-state index is -0.174. The molecule has 58 heavy (non-hydrogen) atoms. The molecule has 296 valence electrons. The monoisotopic (exact) mass is 766 g/mol. The van der Waals surface area contributed by atoms with Gasteiger partial charge in [-0.3, -0.25) is 9.78 Å². The van der Waals surface area contributed by atoms with E-state index in [2.05, 4.69) is 164 Å². The third-order valence-corrected chi connectivity index (χ3v) is 11.8. The van der Waals surface area contributed by atoms with Crippen molar-refractivity contribution < 1.29 is 4.79 Å². The molecule has 0 amide bonds. The van der Waals surface area contributed by atoms with Gasteiger partial charge < -0.3 is 9.97 Å². The van der Waals surface area contributed by atoms with E-state index in [1.54, 1.807) is 6.08 Å². The Morgan fingerprint density at radius 3 is 2.14 bits per heavy atom. The fourth-order valence-corrected chi connectivity index (χ4v) is 8.83. The summed E-state index contributed by atoms with van der Waals surface area (Å²) in [6, 6.07) is 16.9. The number of ketones is 1. The van der Waals surface area contributed by atoms with Crippen molar-refractivity contribution in [2.24, 2.45) is 5.41 Å². The van der Waals surface area contributed by atoms with Gasteiger partial charge >= 0.3 is 0 Å². The second kappa shape index (κ2) is 16.2. The molecular weight excluding hydrogens is 709 g/mol. The molecule has 0 atom stereocenters. The molecule has 1 aromatic carbocycles. The Morgan fingerprint density at radius 2 is 1.41 bits per heavy atom. The molecule has 0 spiro atoms. The lowest BCUT2D eigenvalue weighted by Gasteiger charge is -2.32. The number of aryl methyl sites for hydroxylation is 3. The van der Waals surface area contributed by atoms with Crippen molar-refractivity contribution in [3.05, 3.63) is 164 Å². The number of aromatic nitrogens is 4. The zero-order chi connectivity index (χ0) is 41.4. The molecule has 0 radical (unpaired) electrons. The molecule has 2 N–H and O–H groups in total. The summed E-state index contributed by atoms with van der Waals surface area (Å²) in [7, 11) is 0. The Labute approximate surface area is 344 Å². The van der Waals surface area contributed by atoms with Gasteiger partial charge in [-0.15, -0.1) is 0 Å². The molecule has 7 rings (SSSR count). The third kappa shape index (κ3) is 8.84. The van der Waals surface area contributed by atoms with Gasteiger partial charge in [0.15, 0.2) is 5.78 Å². The van der Waals surface area contributed by atoms with Crippen LogP contribution < -0.4 is 0 Å². The zero-order valence-corrected chi connectivity index (χ0v) is 36.0. The number of hydrogen-bond acceptors (Lipinski definition) is 3. The van der Waals surface area contributed by atoms with Crippen LogP contribution in [0, 0.1) is 26.2 Å². The zero-order valence-electron chi connectivity index (χ0n) is 36.0. The van der Waals surface area contributed by atoms with Gasteiger partial charge in [0.25, 0.3) is 0 Å². The molecular formula is C53H58N4O. The van der Waals surface area contributed by atoms with Crippen molar-refractivity contribution >= 4 is 40.0 Å². The van der Waals surface area contributed by atoms with Crippen LogP contribution in [0.2, 0.25) is 0 Å². The van der Waals surface area contributed by atoms with E-state index in [4.69, 9.17) is 9.97 Å². The number of nitrogens with one attached hydrogen (secondary N) is 2. The molecule has 0 fully saturated rings. The van der Waals surface area contributed by atoms with Crippen molar-refractivity contribution in [3.63, 3.8) is 0 Å². The first-order valence-corrected chi connectivity index (χ1v) is 20.7. The summed E-state index contributed by atoms with van der Waals surface area (Å²) >= 11 is 0. The van der Waals surface area contributed by atoms with Crippen molar-refractivity contribution in [1.82, 2.24) is 19.9 Å². The van der Waals surface area contributed by atoms with Crippen LogP contribution in [0.4, 0.5) is 0 Å². The highest BCUT2D eigenvalue weighted by Gasteiger charge is 2.29. The highest BCUT2D eigenvalue weighted by molar-refractivity contribution is 6.12. The van der Waals surface area contributed by atoms with E-state index in [9.17, 15) is 4.79 Å². The van der Waals surface area contributed by atoms with Crippen LogP contribution >= 0.6 is 0 Å². The number of allylic oxidation sites excluding steroid dienone is 12. The second-order valence-corrected chi connectivity index (χ2v) is 17.9. The van der Waals surface area contributed by atoms with Crippen molar-refractivity contribution in [2.45, 2.75) is 100 Å². The van der Waals surface area contributed by atoms with Crippen LogP contribution in [-0.2, 0) is 11.8 Å². The summed E-state index contributed by atoms with van der Waals surface area (Å²) in [4.78, 5) is 31.7. The first-order valence-electron chi connectivity index (χ1n) is 20.7. The number of rotatable bonds is 8. The number of benzene rings is 1. The summed E-state index contributed by atoms with van der Waals surface area (Å²) in [5.41, 5.74) is 18.7. The van der Waals surface area contributed by atoms with E-state index < -0.39 is 0 Å². The Hall–Kier alpha value is -5.81. The van der Waals surface area contributed by atoms with Crippen LogP contribution in [0.1, 0.15) is 118 Å². The summed E-state index contributed by atoms with van der Waals surface area (Å²) < 4.78 is 0. The van der Waals surface area contributed by atoms with E-state index in [1.807, 2.05) is 18.2 Å². The molecule has 3 aromatic heterocycles. The number of aromatic amines is 2. The standard InChI is InChI=1S/C53H58N4O/c1-33(14-11-15-34(2)19-23-44-36(4)17-13-25-52(44,7)8)16-12-18-48(58)43-31-47-51(50-37(5)26-35(3)27-38(50)6)45-24-22-40(55-45)28-39-20-21-41(54-39)30-49-53(9,10)32-42(56-49)29-46(43)57-47/h11-12,14-16,18-24,26-31,54,57H,13,17,25,32H2,1-10H3/b14-11+,18-12+,23-19+,33-16+,34-15+,39-28?,40-28?,41-30?,42-29?,46-29?,49-30?,51-45?,51-47?. The van der Waals surface area contributed by atoms with Gasteiger partial charge in [0, 0.05) is 50.9 Å². The molecule has 8 bridgehead atoms. The van der Waals surface area contributed by atoms with Crippen molar-refractivity contribution in [2.75, 3.05) is 0 Å². The summed E-state index contributed by atoms with van der Waals surface area (Å²) in [5.74, 6) is -0.0794. The molecule has 1 aliphatic carbocycles. The molecule has 0 unspecified atom stereocenters. The van der Waals surface area contributed by atoms with Crippen LogP contribution in [0.25, 0.3) is 45.3 Å². The lowest BCUT2D eigenvalue weighted by Crippen LogP contribution is -2.19. The lowest BCUT2D eigenvalue weighted by molar-refractivity contribution is 0.104. The van der Waals surface area contributed by atoms with Gasteiger partial charge in [-0.05, 0) is 143 Å². The van der Waals surface area contributed by atoms with Crippen LogP contribution in [0.15, 0.2) is 119 Å². The van der Waals surface area contributed by atoms with Gasteiger partial charge in [0.2, 0.25) is 0 Å². The van der Waals surface area contributed by atoms with Crippen LogP contribution in [0.5, 0.6) is 0 Å². The summed E-state index contributed by atoms with van der Waals surface area (Å²) in [6.45, 7) is 22.1. The normalized spacial score (nSPS) is 17.1. The Balaban J connectivity index is 1.29. The fourth-order valence-electron chi connectivity index (χ4n) is 8.83. The summed E-state index contributed by atoms with van der Waals surface area (Å²) in [6.07, 6.45) is 24.9. The van der Waals surface area contributed by atoms with Crippen LogP contribution in [-0.4, -0.2) is 25.7 Å². The minimum Gasteiger partial charge on any atom is -0.355 e. The largest absolute Gasteiger partial charge is 0.355 e. The summed E-state index contributed by atoms with van der Waals surface area (Å²) in [5, 5.41) is 0. The maximum absolute atomic E-state index is 14.2. The topological polar surface area (TPSA) is 74.4 Å². The van der Waals surface area contributed by atoms with E-state index in [1.165, 1.54) is 41.5 Å². The smallest absolute Gasteiger partial charge is 0.187 e. The first kappa shape index (κ1) is 40.4. The number of H-pyrrole nitrogens is 2. The van der Waals surface area contributed by atoms with Gasteiger partial charge in [0.1, 0.15) is 0 Å². The number of hydrogen-bond donors (Lipinski definition) is 2. The van der Waals surface area contributed by atoms with E-state index in [0.717, 1.165) is 79.1 Å². The maximum Gasteiger partial charge on any atom is 0.187 e. The number of carbonyl (C=O) groups is 1.